The van der Waals surface area contributed by atoms with Crippen molar-refractivity contribution >= 4 is 11.3 Å². The maximum absolute atomic E-state index is 9.39. The summed E-state index contributed by atoms with van der Waals surface area (Å²) in [7, 11) is 0. The summed E-state index contributed by atoms with van der Waals surface area (Å²) in [6.45, 7) is 0. The van der Waals surface area contributed by atoms with E-state index in [1.807, 2.05) is 5.51 Å². The lowest BCUT2D eigenvalue weighted by Gasteiger charge is -2.23. The Bertz CT molecular complexity index is 329. The van der Waals surface area contributed by atoms with E-state index in [0.717, 1.165) is 25.0 Å². The third-order valence-electron chi connectivity index (χ3n) is 3.30. The zero-order valence-corrected chi connectivity index (χ0v) is 9.72. The van der Waals surface area contributed by atoms with Crippen LogP contribution in [0.15, 0.2) is 10.9 Å². The van der Waals surface area contributed by atoms with Crippen LogP contribution in [0.1, 0.15) is 44.2 Å². The molecule has 0 N–H and O–H groups in total. The fraction of sp³-hybridized carbons (Fsp3) is 0.667. The summed E-state index contributed by atoms with van der Waals surface area (Å²) in [6.07, 6.45) is 7.96. The van der Waals surface area contributed by atoms with E-state index in [9.17, 15) is 5.26 Å². The van der Waals surface area contributed by atoms with Gasteiger partial charge in [0.2, 0.25) is 0 Å². The summed E-state index contributed by atoms with van der Waals surface area (Å²) in [5, 5.41) is 11.5. The summed E-state index contributed by atoms with van der Waals surface area (Å²) in [5.74, 6) is 0. The number of hydrogen-bond donors (Lipinski definition) is 0. The highest BCUT2D eigenvalue weighted by Crippen LogP contribution is 2.37. The number of aromatic nitrogens is 1. The first-order valence-corrected chi connectivity index (χ1v) is 6.57. The van der Waals surface area contributed by atoms with E-state index in [-0.39, 0.29) is 5.41 Å². The Kier molecular flexibility index (Phi) is 3.37. The minimum atomic E-state index is -0.120. The molecule has 0 bridgehead atoms. The van der Waals surface area contributed by atoms with Crippen LogP contribution in [0.4, 0.5) is 0 Å². The molecule has 2 rings (SSSR count). The molecule has 2 nitrogen and oxygen atoms in total. The third kappa shape index (κ3) is 2.57. The average molecular weight is 220 g/mol. The highest BCUT2D eigenvalue weighted by atomic mass is 32.1. The van der Waals surface area contributed by atoms with Crippen LogP contribution in [0.25, 0.3) is 0 Å². The Labute approximate surface area is 95.0 Å². The summed E-state index contributed by atoms with van der Waals surface area (Å²) in [6, 6.07) is 2.56. The largest absolute Gasteiger partial charge is 0.250 e. The molecule has 0 atom stereocenters. The van der Waals surface area contributed by atoms with Crippen molar-refractivity contribution in [1.82, 2.24) is 4.98 Å². The summed E-state index contributed by atoms with van der Waals surface area (Å²) < 4.78 is 0. The van der Waals surface area contributed by atoms with E-state index in [0.29, 0.717) is 0 Å². The molecule has 0 aromatic carbocycles. The van der Waals surface area contributed by atoms with Crippen molar-refractivity contribution in [2.24, 2.45) is 5.41 Å². The van der Waals surface area contributed by atoms with Crippen LogP contribution in [0, 0.1) is 16.7 Å². The lowest BCUT2D eigenvalue weighted by Crippen LogP contribution is -2.21. The van der Waals surface area contributed by atoms with E-state index >= 15 is 0 Å². The number of nitrogens with zero attached hydrogens (tertiary/aromatic N) is 2. The van der Waals surface area contributed by atoms with Gasteiger partial charge in [0.25, 0.3) is 0 Å². The first-order chi connectivity index (χ1) is 7.35. The average Bonchev–Trinajstić information content (AvgIpc) is 2.64. The quantitative estimate of drug-likeness (QED) is 0.715. The van der Waals surface area contributed by atoms with Gasteiger partial charge in [0.05, 0.1) is 22.7 Å². The van der Waals surface area contributed by atoms with Crippen molar-refractivity contribution < 1.29 is 0 Å². The Morgan fingerprint density at radius 2 is 2.07 bits per heavy atom. The molecule has 1 saturated carbocycles. The van der Waals surface area contributed by atoms with Crippen LogP contribution in [-0.2, 0) is 6.42 Å². The molecule has 1 heterocycles. The topological polar surface area (TPSA) is 36.7 Å². The van der Waals surface area contributed by atoms with E-state index in [2.05, 4.69) is 16.4 Å². The van der Waals surface area contributed by atoms with Gasteiger partial charge in [0, 0.05) is 11.8 Å². The smallest absolute Gasteiger partial charge is 0.0794 e. The van der Waals surface area contributed by atoms with Crippen LogP contribution in [-0.4, -0.2) is 4.98 Å². The van der Waals surface area contributed by atoms with Gasteiger partial charge in [0.1, 0.15) is 0 Å². The van der Waals surface area contributed by atoms with Crippen LogP contribution >= 0.6 is 11.3 Å². The second-order valence-electron chi connectivity index (χ2n) is 4.46. The van der Waals surface area contributed by atoms with Gasteiger partial charge in [-0.05, 0) is 12.8 Å². The molecule has 1 aromatic heterocycles. The monoisotopic (exact) mass is 220 g/mol. The van der Waals surface area contributed by atoms with Crippen LogP contribution in [0.2, 0.25) is 0 Å². The third-order valence-corrected chi connectivity index (χ3v) is 3.94. The number of hydrogen-bond acceptors (Lipinski definition) is 3. The molecule has 1 aliphatic carbocycles. The maximum Gasteiger partial charge on any atom is 0.0794 e. The highest BCUT2D eigenvalue weighted by molar-refractivity contribution is 7.07. The minimum absolute atomic E-state index is 0.120. The molecule has 15 heavy (non-hydrogen) atoms. The molecule has 0 amide bonds. The van der Waals surface area contributed by atoms with Gasteiger partial charge in [0.15, 0.2) is 0 Å². The lowest BCUT2D eigenvalue weighted by atomic mass is 9.78. The maximum atomic E-state index is 9.39. The predicted molar refractivity (Wildman–Crippen MR) is 61.6 cm³/mol. The highest BCUT2D eigenvalue weighted by Gasteiger charge is 2.31. The number of thiazole rings is 1. The Hall–Kier alpha value is -0.880. The van der Waals surface area contributed by atoms with Gasteiger partial charge in [-0.1, -0.05) is 25.7 Å². The zero-order valence-electron chi connectivity index (χ0n) is 8.91. The van der Waals surface area contributed by atoms with E-state index in [1.165, 1.54) is 25.7 Å². The SMILES string of the molecule is N#CC1(Cc2cscn2)CCCCCC1. The zero-order chi connectivity index (χ0) is 10.6. The summed E-state index contributed by atoms with van der Waals surface area (Å²) in [5.41, 5.74) is 2.84. The van der Waals surface area contributed by atoms with Crippen molar-refractivity contribution in [3.63, 3.8) is 0 Å². The van der Waals surface area contributed by atoms with Gasteiger partial charge in [-0.3, -0.25) is 0 Å². The van der Waals surface area contributed by atoms with Crippen molar-refractivity contribution in [3.05, 3.63) is 16.6 Å². The molecule has 0 saturated heterocycles. The van der Waals surface area contributed by atoms with E-state index < -0.39 is 0 Å². The molecule has 1 aliphatic rings. The van der Waals surface area contributed by atoms with Crippen molar-refractivity contribution in [2.45, 2.75) is 44.9 Å². The molecule has 0 unspecified atom stereocenters. The fourth-order valence-corrected chi connectivity index (χ4v) is 2.96. The van der Waals surface area contributed by atoms with Gasteiger partial charge >= 0.3 is 0 Å². The Balaban J connectivity index is 2.10. The van der Waals surface area contributed by atoms with Crippen molar-refractivity contribution in [1.29, 1.82) is 5.26 Å². The second kappa shape index (κ2) is 4.76. The standard InChI is InChI=1S/C12H16N2S/c13-9-12(5-3-1-2-4-6-12)7-11-8-15-10-14-11/h8,10H,1-7H2. The summed E-state index contributed by atoms with van der Waals surface area (Å²) in [4.78, 5) is 4.30. The number of nitriles is 1. The first kappa shape index (κ1) is 10.6. The van der Waals surface area contributed by atoms with Gasteiger partial charge in [-0.15, -0.1) is 11.3 Å². The molecule has 0 aliphatic heterocycles. The number of rotatable bonds is 2. The van der Waals surface area contributed by atoms with E-state index in [4.69, 9.17) is 0 Å². The second-order valence-corrected chi connectivity index (χ2v) is 5.18. The molecule has 0 spiro atoms. The fourth-order valence-electron chi connectivity index (χ4n) is 2.40. The van der Waals surface area contributed by atoms with Crippen molar-refractivity contribution in [3.8, 4) is 6.07 Å². The van der Waals surface area contributed by atoms with Crippen LogP contribution < -0.4 is 0 Å². The van der Waals surface area contributed by atoms with E-state index in [1.54, 1.807) is 11.3 Å². The van der Waals surface area contributed by atoms with Crippen LogP contribution in [0.5, 0.6) is 0 Å². The van der Waals surface area contributed by atoms with Gasteiger partial charge < -0.3 is 0 Å². The lowest BCUT2D eigenvalue weighted by molar-refractivity contribution is 0.336. The minimum Gasteiger partial charge on any atom is -0.250 e. The molecular formula is C12H16N2S. The molecule has 80 valence electrons. The van der Waals surface area contributed by atoms with Gasteiger partial charge in [-0.2, -0.15) is 5.26 Å². The molecule has 1 fully saturated rings. The van der Waals surface area contributed by atoms with Crippen LogP contribution in [0.3, 0.4) is 0 Å². The predicted octanol–water partition coefficient (Wildman–Crippen LogP) is 3.55. The molecule has 3 heteroatoms. The van der Waals surface area contributed by atoms with Crippen molar-refractivity contribution in [2.75, 3.05) is 0 Å². The first-order valence-electron chi connectivity index (χ1n) is 5.63. The molecule has 1 aromatic rings. The molecular weight excluding hydrogens is 204 g/mol. The molecule has 0 radical (unpaired) electrons. The van der Waals surface area contributed by atoms with Gasteiger partial charge in [-0.25, -0.2) is 4.98 Å². The summed E-state index contributed by atoms with van der Waals surface area (Å²) >= 11 is 1.62. The Morgan fingerprint density at radius 3 is 2.60 bits per heavy atom. The normalized spacial score (nSPS) is 20.5. The Morgan fingerprint density at radius 1 is 1.33 bits per heavy atom.